The van der Waals surface area contributed by atoms with Gasteiger partial charge in [-0.05, 0) is 12.1 Å². The van der Waals surface area contributed by atoms with Crippen LogP contribution in [0.1, 0.15) is 12.0 Å². The molecule has 0 saturated carbocycles. The smallest absolute Gasteiger partial charge is 0.268 e. The average Bonchev–Trinajstić information content (AvgIpc) is 2.03. The van der Waals surface area contributed by atoms with Crippen molar-refractivity contribution in [1.82, 2.24) is 0 Å². The molecule has 0 aliphatic carbocycles. The predicted octanol–water partition coefficient (Wildman–Crippen LogP) is 3.40. The second-order valence-electron chi connectivity index (χ2n) is 2.16. The molecule has 1 rings (SSSR count). The predicted molar refractivity (Wildman–Crippen MR) is 45.7 cm³/mol. The van der Waals surface area contributed by atoms with E-state index >= 15 is 0 Å². The Hall–Kier alpha value is -0.640. The highest BCUT2D eigenvalue weighted by Crippen LogP contribution is 2.34. The van der Waals surface area contributed by atoms with Crippen LogP contribution in [-0.4, -0.2) is 7.11 Å². The van der Waals surface area contributed by atoms with Crippen LogP contribution in [0.5, 0.6) is 5.75 Å². The van der Waals surface area contributed by atoms with Crippen molar-refractivity contribution in [3.05, 3.63) is 28.2 Å². The van der Waals surface area contributed by atoms with Gasteiger partial charge in [0.25, 0.3) is 6.43 Å². The Bertz CT molecular complexity index is 276. The quantitative estimate of drug-likeness (QED) is 0.765. The molecule has 0 radical (unpaired) electrons. The van der Waals surface area contributed by atoms with E-state index in [9.17, 15) is 8.78 Å². The molecular weight excluding hydrogens is 230 g/mol. The number of hydrogen-bond acceptors (Lipinski definition) is 1. The minimum absolute atomic E-state index is 0.0972. The summed E-state index contributed by atoms with van der Waals surface area (Å²) in [6.45, 7) is 0. The van der Waals surface area contributed by atoms with Crippen molar-refractivity contribution < 1.29 is 13.5 Å². The lowest BCUT2D eigenvalue weighted by Gasteiger charge is -2.08. The zero-order chi connectivity index (χ0) is 9.14. The number of benzene rings is 1. The first-order valence-electron chi connectivity index (χ1n) is 3.27. The number of halogens is 3. The summed E-state index contributed by atoms with van der Waals surface area (Å²) in [5, 5.41) is 0. The molecule has 0 heterocycles. The lowest BCUT2D eigenvalue weighted by atomic mass is 10.2. The zero-order valence-corrected chi connectivity index (χ0v) is 7.94. The molecule has 0 bridgehead atoms. The fraction of sp³-hybridized carbons (Fsp3) is 0.250. The van der Waals surface area contributed by atoms with Crippen LogP contribution in [0.2, 0.25) is 0 Å². The molecule has 0 N–H and O–H groups in total. The van der Waals surface area contributed by atoms with E-state index in [1.807, 2.05) is 0 Å². The van der Waals surface area contributed by atoms with Gasteiger partial charge in [-0.3, -0.25) is 0 Å². The molecule has 0 aliphatic rings. The van der Waals surface area contributed by atoms with E-state index in [0.29, 0.717) is 4.47 Å². The Morgan fingerprint density at radius 3 is 2.50 bits per heavy atom. The van der Waals surface area contributed by atoms with Gasteiger partial charge in [-0.25, -0.2) is 8.78 Å². The SMILES string of the molecule is COc1cccc(Br)c1C(F)F. The first-order chi connectivity index (χ1) is 5.66. The van der Waals surface area contributed by atoms with E-state index in [0.717, 1.165) is 0 Å². The summed E-state index contributed by atoms with van der Waals surface area (Å²) in [5.74, 6) is 0.208. The van der Waals surface area contributed by atoms with Gasteiger partial charge in [0.15, 0.2) is 0 Å². The van der Waals surface area contributed by atoms with Gasteiger partial charge < -0.3 is 4.74 Å². The lowest BCUT2D eigenvalue weighted by Crippen LogP contribution is -1.93. The number of hydrogen-bond donors (Lipinski definition) is 0. The molecule has 0 atom stereocenters. The van der Waals surface area contributed by atoms with E-state index in [-0.39, 0.29) is 11.3 Å². The van der Waals surface area contributed by atoms with Crippen molar-refractivity contribution in [2.24, 2.45) is 0 Å². The number of rotatable bonds is 2. The van der Waals surface area contributed by atoms with Crippen LogP contribution in [0.15, 0.2) is 22.7 Å². The van der Waals surface area contributed by atoms with Crippen LogP contribution in [0, 0.1) is 0 Å². The fourth-order valence-electron chi connectivity index (χ4n) is 0.907. The lowest BCUT2D eigenvalue weighted by molar-refractivity contribution is 0.146. The van der Waals surface area contributed by atoms with Gasteiger partial charge in [-0.2, -0.15) is 0 Å². The monoisotopic (exact) mass is 236 g/mol. The maximum absolute atomic E-state index is 12.4. The molecule has 0 aromatic heterocycles. The number of ether oxygens (including phenoxy) is 1. The summed E-state index contributed by atoms with van der Waals surface area (Å²) in [7, 11) is 1.37. The Morgan fingerprint density at radius 2 is 2.08 bits per heavy atom. The van der Waals surface area contributed by atoms with E-state index in [1.165, 1.54) is 13.2 Å². The summed E-state index contributed by atoms with van der Waals surface area (Å²) in [6.07, 6.45) is -2.52. The molecule has 12 heavy (non-hydrogen) atoms. The van der Waals surface area contributed by atoms with Gasteiger partial charge >= 0.3 is 0 Å². The topological polar surface area (TPSA) is 9.23 Å². The second kappa shape index (κ2) is 3.85. The molecular formula is C8H7BrF2O. The normalized spacial score (nSPS) is 10.4. The molecule has 1 aromatic rings. The molecule has 0 saturated heterocycles. The highest BCUT2D eigenvalue weighted by atomic mass is 79.9. The molecule has 0 unspecified atom stereocenters. The van der Waals surface area contributed by atoms with E-state index in [2.05, 4.69) is 15.9 Å². The standard InChI is InChI=1S/C8H7BrF2O/c1-12-6-4-2-3-5(9)7(6)8(10)11/h2-4,8H,1H3. The van der Waals surface area contributed by atoms with Crippen molar-refractivity contribution in [3.63, 3.8) is 0 Å². The molecule has 66 valence electrons. The maximum atomic E-state index is 12.4. The van der Waals surface area contributed by atoms with Gasteiger partial charge in [0, 0.05) is 4.47 Å². The summed E-state index contributed by atoms with van der Waals surface area (Å²) < 4.78 is 29.9. The Balaban J connectivity index is 3.20. The first-order valence-corrected chi connectivity index (χ1v) is 4.06. The fourth-order valence-corrected chi connectivity index (χ4v) is 1.43. The summed E-state index contributed by atoms with van der Waals surface area (Å²) >= 11 is 3.03. The molecule has 0 amide bonds. The molecule has 0 aliphatic heterocycles. The van der Waals surface area contributed by atoms with Crippen molar-refractivity contribution in [2.75, 3.05) is 7.11 Å². The third-order valence-electron chi connectivity index (χ3n) is 1.45. The Labute approximate surface area is 77.5 Å². The van der Waals surface area contributed by atoms with Gasteiger partial charge in [0.2, 0.25) is 0 Å². The van der Waals surface area contributed by atoms with Crippen LogP contribution in [-0.2, 0) is 0 Å². The van der Waals surface area contributed by atoms with Crippen molar-refractivity contribution in [3.8, 4) is 5.75 Å². The number of methoxy groups -OCH3 is 1. The molecule has 0 fully saturated rings. The molecule has 0 spiro atoms. The highest BCUT2D eigenvalue weighted by Gasteiger charge is 2.16. The Kier molecular flexibility index (Phi) is 3.03. The van der Waals surface area contributed by atoms with Crippen molar-refractivity contribution in [2.45, 2.75) is 6.43 Å². The third kappa shape index (κ3) is 1.75. The molecule has 1 nitrogen and oxygen atoms in total. The maximum Gasteiger partial charge on any atom is 0.268 e. The van der Waals surface area contributed by atoms with Gasteiger partial charge in [-0.15, -0.1) is 0 Å². The van der Waals surface area contributed by atoms with Crippen molar-refractivity contribution in [1.29, 1.82) is 0 Å². The van der Waals surface area contributed by atoms with E-state index in [4.69, 9.17) is 4.74 Å². The minimum atomic E-state index is -2.52. The second-order valence-corrected chi connectivity index (χ2v) is 3.01. The summed E-state index contributed by atoms with van der Waals surface area (Å²) in [4.78, 5) is 0. The van der Waals surface area contributed by atoms with Crippen molar-refractivity contribution >= 4 is 15.9 Å². The third-order valence-corrected chi connectivity index (χ3v) is 2.14. The summed E-state index contributed by atoms with van der Waals surface area (Å²) in [5.41, 5.74) is -0.0972. The highest BCUT2D eigenvalue weighted by molar-refractivity contribution is 9.10. The van der Waals surface area contributed by atoms with Crippen LogP contribution in [0.4, 0.5) is 8.78 Å². The van der Waals surface area contributed by atoms with Crippen LogP contribution in [0.3, 0.4) is 0 Å². The van der Waals surface area contributed by atoms with Crippen LogP contribution < -0.4 is 4.74 Å². The largest absolute Gasteiger partial charge is 0.496 e. The Morgan fingerprint density at radius 1 is 1.42 bits per heavy atom. The zero-order valence-electron chi connectivity index (χ0n) is 6.35. The van der Waals surface area contributed by atoms with Gasteiger partial charge in [0.1, 0.15) is 5.75 Å². The van der Waals surface area contributed by atoms with E-state index < -0.39 is 6.43 Å². The van der Waals surface area contributed by atoms with Crippen LogP contribution in [0.25, 0.3) is 0 Å². The first kappa shape index (κ1) is 9.45. The summed E-state index contributed by atoms with van der Waals surface area (Å²) in [6, 6.07) is 4.71. The minimum Gasteiger partial charge on any atom is -0.496 e. The average molecular weight is 237 g/mol. The molecule has 1 aromatic carbocycles. The van der Waals surface area contributed by atoms with E-state index in [1.54, 1.807) is 12.1 Å². The molecule has 4 heteroatoms. The van der Waals surface area contributed by atoms with Gasteiger partial charge in [-0.1, -0.05) is 22.0 Å². The van der Waals surface area contributed by atoms with Gasteiger partial charge in [0.05, 0.1) is 12.7 Å². The van der Waals surface area contributed by atoms with Crippen LogP contribution >= 0.6 is 15.9 Å². The number of alkyl halides is 2.